The first-order chi connectivity index (χ1) is 11.9. The molecule has 0 N–H and O–H groups in total. The van der Waals surface area contributed by atoms with Crippen LogP contribution in [0, 0.1) is 18.6 Å². The number of aromatic nitrogens is 3. The summed E-state index contributed by atoms with van der Waals surface area (Å²) in [5.74, 6) is -2.72. The highest BCUT2D eigenvalue weighted by Gasteiger charge is 2.24. The topological polar surface area (TPSA) is 57.0 Å². The summed E-state index contributed by atoms with van der Waals surface area (Å²) in [5, 5.41) is 7.86. The van der Waals surface area contributed by atoms with E-state index in [4.69, 9.17) is 4.74 Å². The summed E-state index contributed by atoms with van der Waals surface area (Å²) in [6.07, 6.45) is 1.31. The summed E-state index contributed by atoms with van der Waals surface area (Å²) in [5.41, 5.74) is 1.91. The minimum atomic E-state index is -0.946. The number of benzene rings is 1. The van der Waals surface area contributed by atoms with Gasteiger partial charge in [0.2, 0.25) is 0 Å². The number of carbonyl (C=O) groups excluding carboxylic acids is 1. The molecule has 0 amide bonds. The van der Waals surface area contributed by atoms with Crippen LogP contribution in [0.3, 0.4) is 0 Å². The molecule has 0 unspecified atom stereocenters. The predicted molar refractivity (Wildman–Crippen MR) is 90.0 cm³/mol. The van der Waals surface area contributed by atoms with Gasteiger partial charge in [-0.2, -0.15) is 0 Å². The molecule has 1 aromatic carbocycles. The molecule has 5 nitrogen and oxygen atoms in total. The molecule has 0 radical (unpaired) electrons. The van der Waals surface area contributed by atoms with Crippen LogP contribution in [0.4, 0.5) is 8.78 Å². The van der Waals surface area contributed by atoms with Gasteiger partial charge >= 0.3 is 5.97 Å². The molecule has 1 heterocycles. The number of hydrogen-bond donors (Lipinski definition) is 0. The van der Waals surface area contributed by atoms with Crippen LogP contribution in [-0.2, 0) is 16.6 Å². The molecule has 0 fully saturated rings. The van der Waals surface area contributed by atoms with Crippen LogP contribution >= 0.6 is 0 Å². The van der Waals surface area contributed by atoms with E-state index in [-0.39, 0.29) is 18.6 Å². The van der Waals surface area contributed by atoms with Crippen molar-refractivity contribution in [2.75, 3.05) is 6.61 Å². The van der Waals surface area contributed by atoms with Crippen molar-refractivity contribution in [1.29, 1.82) is 0 Å². The van der Waals surface area contributed by atoms with Gasteiger partial charge in [-0.15, -0.1) is 5.10 Å². The van der Waals surface area contributed by atoms with E-state index in [9.17, 15) is 13.6 Å². The smallest absolute Gasteiger partial charge is 0.306 e. The molecule has 0 bridgehead atoms. The Morgan fingerprint density at radius 2 is 2.04 bits per heavy atom. The van der Waals surface area contributed by atoms with Gasteiger partial charge in [-0.05, 0) is 43.9 Å². The maximum absolute atomic E-state index is 14.5. The fourth-order valence-electron chi connectivity index (χ4n) is 3.04. The van der Waals surface area contributed by atoms with E-state index in [0.29, 0.717) is 23.4 Å². The zero-order valence-electron chi connectivity index (χ0n) is 15.0. The molecule has 0 saturated carbocycles. The summed E-state index contributed by atoms with van der Waals surface area (Å²) < 4.78 is 35.2. The van der Waals surface area contributed by atoms with Crippen molar-refractivity contribution in [3.05, 3.63) is 35.0 Å². The second-order valence-corrected chi connectivity index (χ2v) is 6.00. The third-order valence-electron chi connectivity index (χ3n) is 4.12. The lowest BCUT2D eigenvalue weighted by atomic mass is 9.89. The second kappa shape index (κ2) is 8.18. The maximum atomic E-state index is 14.5. The Labute approximate surface area is 146 Å². The molecule has 2 aromatic rings. The number of hydrogen-bond acceptors (Lipinski definition) is 4. The number of aryl methyl sites for hydroxylation is 2. The average molecular weight is 351 g/mol. The van der Waals surface area contributed by atoms with Crippen LogP contribution in [0.2, 0.25) is 0 Å². The van der Waals surface area contributed by atoms with E-state index in [2.05, 4.69) is 10.3 Å². The largest absolute Gasteiger partial charge is 0.466 e. The molecule has 0 aliphatic rings. The lowest BCUT2D eigenvalue weighted by Crippen LogP contribution is -2.13. The van der Waals surface area contributed by atoms with E-state index >= 15 is 0 Å². The minimum Gasteiger partial charge on any atom is -0.466 e. The van der Waals surface area contributed by atoms with E-state index in [1.165, 1.54) is 4.68 Å². The van der Waals surface area contributed by atoms with Gasteiger partial charge in [0.25, 0.3) is 0 Å². The molecular weight excluding hydrogens is 328 g/mol. The van der Waals surface area contributed by atoms with Crippen LogP contribution in [-0.4, -0.2) is 27.6 Å². The van der Waals surface area contributed by atoms with Gasteiger partial charge in [0, 0.05) is 12.6 Å². The SMILES string of the molecule is CCC[C@@H](CC(=O)OCC)c1cc(-c2c(C)nnn2C)cc(F)c1F. The number of carbonyl (C=O) groups is 1. The molecule has 1 aromatic heterocycles. The summed E-state index contributed by atoms with van der Waals surface area (Å²) >= 11 is 0. The van der Waals surface area contributed by atoms with Crippen LogP contribution in [0.5, 0.6) is 0 Å². The fourth-order valence-corrected chi connectivity index (χ4v) is 3.04. The van der Waals surface area contributed by atoms with Gasteiger partial charge in [0.15, 0.2) is 11.6 Å². The monoisotopic (exact) mass is 351 g/mol. The average Bonchev–Trinajstić information content (AvgIpc) is 2.89. The number of rotatable bonds is 7. The highest BCUT2D eigenvalue weighted by atomic mass is 19.2. The van der Waals surface area contributed by atoms with Gasteiger partial charge in [-0.25, -0.2) is 13.5 Å². The number of ether oxygens (including phenoxy) is 1. The van der Waals surface area contributed by atoms with Crippen molar-refractivity contribution in [2.24, 2.45) is 7.05 Å². The maximum Gasteiger partial charge on any atom is 0.306 e. The molecule has 25 heavy (non-hydrogen) atoms. The number of nitrogens with zero attached hydrogens (tertiary/aromatic N) is 3. The third-order valence-corrected chi connectivity index (χ3v) is 4.12. The predicted octanol–water partition coefficient (Wildman–Crippen LogP) is 3.91. The summed E-state index contributed by atoms with van der Waals surface area (Å²) in [6, 6.07) is 2.72. The molecule has 2 rings (SSSR count). The van der Waals surface area contributed by atoms with Crippen molar-refractivity contribution >= 4 is 5.97 Å². The number of halogens is 2. The Balaban J connectivity index is 2.49. The standard InChI is InChI=1S/C18H23F2N3O2/c1-5-7-12(10-16(24)25-6-2)14-8-13(9-15(19)17(14)20)18-11(3)21-22-23(18)4/h8-9,12H,5-7,10H2,1-4H3/t12-/m0/s1. The van der Waals surface area contributed by atoms with Crippen LogP contribution in [0.15, 0.2) is 12.1 Å². The van der Waals surface area contributed by atoms with E-state index in [0.717, 1.165) is 12.5 Å². The van der Waals surface area contributed by atoms with Crippen LogP contribution < -0.4 is 0 Å². The van der Waals surface area contributed by atoms with Crippen LogP contribution in [0.25, 0.3) is 11.3 Å². The van der Waals surface area contributed by atoms with Crippen molar-refractivity contribution < 1.29 is 18.3 Å². The first-order valence-corrected chi connectivity index (χ1v) is 8.40. The number of esters is 1. The Kier molecular flexibility index (Phi) is 6.22. The fraction of sp³-hybridized carbons (Fsp3) is 0.500. The minimum absolute atomic E-state index is 0.0180. The molecular formula is C18H23F2N3O2. The van der Waals surface area contributed by atoms with Gasteiger partial charge < -0.3 is 4.74 Å². The summed E-state index contributed by atoms with van der Waals surface area (Å²) in [4.78, 5) is 11.9. The lowest BCUT2D eigenvalue weighted by Gasteiger charge is -2.18. The second-order valence-electron chi connectivity index (χ2n) is 6.00. The lowest BCUT2D eigenvalue weighted by molar-refractivity contribution is -0.143. The van der Waals surface area contributed by atoms with E-state index in [1.807, 2.05) is 6.92 Å². The highest BCUT2D eigenvalue weighted by Crippen LogP contribution is 2.33. The zero-order valence-corrected chi connectivity index (χ0v) is 15.0. The van der Waals surface area contributed by atoms with Crippen molar-refractivity contribution in [1.82, 2.24) is 15.0 Å². The first-order valence-electron chi connectivity index (χ1n) is 8.40. The Hall–Kier alpha value is -2.31. The normalized spacial score (nSPS) is 12.2. The molecule has 7 heteroatoms. The van der Waals surface area contributed by atoms with Gasteiger partial charge in [-0.1, -0.05) is 18.6 Å². The summed E-state index contributed by atoms with van der Waals surface area (Å²) in [6.45, 7) is 5.66. The molecule has 1 atom stereocenters. The van der Waals surface area contributed by atoms with Gasteiger partial charge in [-0.3, -0.25) is 4.79 Å². The van der Waals surface area contributed by atoms with E-state index < -0.39 is 23.5 Å². The molecule has 0 aliphatic heterocycles. The highest BCUT2D eigenvalue weighted by molar-refractivity contribution is 5.71. The molecule has 136 valence electrons. The molecule has 0 saturated heterocycles. The Bertz CT molecular complexity index is 740. The van der Waals surface area contributed by atoms with Gasteiger partial charge in [0.05, 0.1) is 24.4 Å². The first kappa shape index (κ1) is 19.0. The van der Waals surface area contributed by atoms with E-state index in [1.54, 1.807) is 27.0 Å². The molecule has 0 spiro atoms. The molecule has 0 aliphatic carbocycles. The van der Waals surface area contributed by atoms with Crippen LogP contribution in [0.1, 0.15) is 50.3 Å². The van der Waals surface area contributed by atoms with Crippen molar-refractivity contribution in [2.45, 2.75) is 46.0 Å². The summed E-state index contributed by atoms with van der Waals surface area (Å²) in [7, 11) is 1.69. The van der Waals surface area contributed by atoms with Crippen molar-refractivity contribution in [3.63, 3.8) is 0 Å². The third kappa shape index (κ3) is 4.21. The Morgan fingerprint density at radius 3 is 2.60 bits per heavy atom. The van der Waals surface area contributed by atoms with Crippen molar-refractivity contribution in [3.8, 4) is 11.3 Å². The van der Waals surface area contributed by atoms with Gasteiger partial charge in [0.1, 0.15) is 0 Å². The Morgan fingerprint density at radius 1 is 1.32 bits per heavy atom. The quantitative estimate of drug-likeness (QED) is 0.710. The zero-order chi connectivity index (χ0) is 18.6.